The molecule has 7 heteroatoms. The minimum atomic E-state index is -0.260. The minimum Gasteiger partial charge on any atom is -0.493 e. The van der Waals surface area contributed by atoms with Gasteiger partial charge in [-0.05, 0) is 35.4 Å². The van der Waals surface area contributed by atoms with Crippen LogP contribution in [0.15, 0.2) is 77.9 Å². The van der Waals surface area contributed by atoms with Gasteiger partial charge in [0.05, 0.1) is 20.4 Å². The van der Waals surface area contributed by atoms with Crippen LogP contribution in [0.5, 0.6) is 11.5 Å². The first-order valence-corrected chi connectivity index (χ1v) is 11.8. The second-order valence-corrected chi connectivity index (χ2v) is 8.52. The van der Waals surface area contributed by atoms with Crippen molar-refractivity contribution in [2.45, 2.75) is 13.1 Å². The third-order valence-corrected chi connectivity index (χ3v) is 6.14. The van der Waals surface area contributed by atoms with E-state index in [9.17, 15) is 4.79 Å². The summed E-state index contributed by atoms with van der Waals surface area (Å²) in [5, 5.41) is 4.08. The van der Waals surface area contributed by atoms with Crippen LogP contribution in [0.4, 0.5) is 0 Å². The van der Waals surface area contributed by atoms with E-state index in [1.165, 1.54) is 11.1 Å². The molecule has 0 unspecified atom stereocenters. The zero-order valence-corrected chi connectivity index (χ0v) is 20.3. The minimum absolute atomic E-state index is 0.260. The van der Waals surface area contributed by atoms with Gasteiger partial charge in [-0.1, -0.05) is 48.5 Å². The molecule has 0 atom stereocenters. The Balaban J connectivity index is 1.25. The number of hydrazone groups is 1. The number of benzene rings is 3. The van der Waals surface area contributed by atoms with Crippen LogP contribution in [0.25, 0.3) is 0 Å². The first-order chi connectivity index (χ1) is 17.2. The summed E-state index contributed by atoms with van der Waals surface area (Å²) in [5.41, 5.74) is 6.42. The van der Waals surface area contributed by atoms with Crippen molar-refractivity contribution in [3.05, 3.63) is 95.1 Å². The van der Waals surface area contributed by atoms with E-state index in [4.69, 9.17) is 9.47 Å². The molecule has 3 aromatic carbocycles. The van der Waals surface area contributed by atoms with E-state index in [1.807, 2.05) is 36.4 Å². The fraction of sp³-hybridized carbons (Fsp3) is 0.286. The average Bonchev–Trinajstić information content (AvgIpc) is 2.90. The molecule has 1 aliphatic rings. The number of piperazine rings is 1. The molecule has 1 aliphatic heterocycles. The normalized spacial score (nSPS) is 14.7. The Morgan fingerprint density at radius 1 is 0.829 bits per heavy atom. The fourth-order valence-corrected chi connectivity index (χ4v) is 4.21. The summed E-state index contributed by atoms with van der Waals surface area (Å²) in [5.74, 6) is 0.915. The number of hydrogen-bond donors (Lipinski definition) is 1. The van der Waals surface area contributed by atoms with Gasteiger partial charge < -0.3 is 9.47 Å². The molecule has 0 saturated carbocycles. The van der Waals surface area contributed by atoms with Gasteiger partial charge in [-0.3, -0.25) is 14.6 Å². The molecular formula is C28H32N4O3. The van der Waals surface area contributed by atoms with Gasteiger partial charge >= 0.3 is 0 Å². The molecule has 0 aliphatic carbocycles. The lowest BCUT2D eigenvalue weighted by molar-refractivity contribution is 0.0955. The van der Waals surface area contributed by atoms with Gasteiger partial charge in [0.1, 0.15) is 0 Å². The molecule has 1 saturated heterocycles. The summed E-state index contributed by atoms with van der Waals surface area (Å²) in [4.78, 5) is 17.5. The number of amides is 1. The van der Waals surface area contributed by atoms with Crippen LogP contribution in [0.2, 0.25) is 0 Å². The SMILES string of the molecule is COc1cccc(/C=N/NC(=O)c2ccc(CN3CCN(Cc4ccccc4)CC3)cc2)c1OC. The number of para-hydroxylation sites is 1. The first kappa shape index (κ1) is 24.4. The van der Waals surface area contributed by atoms with E-state index in [1.54, 1.807) is 26.5 Å². The number of nitrogens with zero attached hydrogens (tertiary/aromatic N) is 3. The maximum Gasteiger partial charge on any atom is 0.271 e. The Morgan fingerprint density at radius 3 is 2.06 bits per heavy atom. The summed E-state index contributed by atoms with van der Waals surface area (Å²) in [7, 11) is 3.15. The molecule has 1 heterocycles. The smallest absolute Gasteiger partial charge is 0.271 e. The molecule has 35 heavy (non-hydrogen) atoms. The van der Waals surface area contributed by atoms with Gasteiger partial charge in [-0.25, -0.2) is 5.43 Å². The largest absolute Gasteiger partial charge is 0.493 e. The van der Waals surface area contributed by atoms with Gasteiger partial charge in [-0.15, -0.1) is 0 Å². The predicted octanol–water partition coefficient (Wildman–Crippen LogP) is 3.79. The highest BCUT2D eigenvalue weighted by molar-refractivity contribution is 5.95. The zero-order valence-electron chi connectivity index (χ0n) is 20.3. The molecule has 0 spiro atoms. The molecule has 1 N–H and O–H groups in total. The number of hydrogen-bond acceptors (Lipinski definition) is 6. The van der Waals surface area contributed by atoms with E-state index in [2.05, 4.69) is 50.7 Å². The lowest BCUT2D eigenvalue weighted by Gasteiger charge is -2.34. The molecule has 0 aromatic heterocycles. The molecule has 0 radical (unpaired) electrons. The molecule has 1 amide bonds. The highest BCUT2D eigenvalue weighted by atomic mass is 16.5. The van der Waals surface area contributed by atoms with Crippen LogP contribution in [-0.4, -0.2) is 62.3 Å². The van der Waals surface area contributed by atoms with Crippen LogP contribution >= 0.6 is 0 Å². The van der Waals surface area contributed by atoms with E-state index in [0.717, 1.165) is 39.3 Å². The Bertz CT molecular complexity index is 1120. The lowest BCUT2D eigenvalue weighted by Crippen LogP contribution is -2.45. The third-order valence-electron chi connectivity index (χ3n) is 6.14. The Labute approximate surface area is 207 Å². The van der Waals surface area contributed by atoms with Crippen LogP contribution in [0, 0.1) is 0 Å². The molecule has 7 nitrogen and oxygen atoms in total. The van der Waals surface area contributed by atoms with Crippen molar-refractivity contribution in [3.63, 3.8) is 0 Å². The maximum atomic E-state index is 12.5. The third kappa shape index (κ3) is 6.68. The first-order valence-electron chi connectivity index (χ1n) is 11.8. The van der Waals surface area contributed by atoms with Crippen LogP contribution in [0.3, 0.4) is 0 Å². The summed E-state index contributed by atoms with van der Waals surface area (Å²) in [6, 6.07) is 23.8. The van der Waals surface area contributed by atoms with Crippen molar-refractivity contribution in [3.8, 4) is 11.5 Å². The van der Waals surface area contributed by atoms with Crippen LogP contribution in [-0.2, 0) is 13.1 Å². The number of ether oxygens (including phenoxy) is 2. The van der Waals surface area contributed by atoms with E-state index >= 15 is 0 Å². The van der Waals surface area contributed by atoms with Gasteiger partial charge in [0.15, 0.2) is 11.5 Å². The summed E-state index contributed by atoms with van der Waals surface area (Å²) >= 11 is 0. The van der Waals surface area contributed by atoms with Gasteiger partial charge in [-0.2, -0.15) is 5.10 Å². The summed E-state index contributed by atoms with van der Waals surface area (Å²) in [6.45, 7) is 6.09. The Morgan fingerprint density at radius 2 is 1.46 bits per heavy atom. The fourth-order valence-electron chi connectivity index (χ4n) is 4.21. The molecule has 1 fully saturated rings. The topological polar surface area (TPSA) is 66.4 Å². The maximum absolute atomic E-state index is 12.5. The molecule has 182 valence electrons. The van der Waals surface area contributed by atoms with Crippen molar-refractivity contribution >= 4 is 12.1 Å². The second kappa shape index (κ2) is 12.1. The summed E-state index contributed by atoms with van der Waals surface area (Å²) in [6.07, 6.45) is 1.55. The molecule has 0 bridgehead atoms. The quantitative estimate of drug-likeness (QED) is 0.379. The van der Waals surface area contributed by atoms with Gasteiger partial charge in [0.25, 0.3) is 5.91 Å². The number of methoxy groups -OCH3 is 2. The van der Waals surface area contributed by atoms with E-state index in [-0.39, 0.29) is 5.91 Å². The molecule has 4 rings (SSSR count). The standard InChI is InChI=1S/C28H32N4O3/c1-34-26-10-6-9-25(27(26)35-2)19-29-30-28(33)24-13-11-23(12-14-24)21-32-17-15-31(16-18-32)20-22-7-4-3-5-8-22/h3-14,19H,15-18,20-21H2,1-2H3,(H,30,33)/b29-19+. The lowest BCUT2D eigenvalue weighted by atomic mass is 10.1. The van der Waals surface area contributed by atoms with Gasteiger partial charge in [0.2, 0.25) is 0 Å². The van der Waals surface area contributed by atoms with E-state index < -0.39 is 0 Å². The van der Waals surface area contributed by atoms with Gasteiger partial charge in [0, 0.05) is 50.4 Å². The monoisotopic (exact) mass is 472 g/mol. The second-order valence-electron chi connectivity index (χ2n) is 8.52. The Kier molecular flexibility index (Phi) is 8.48. The zero-order chi connectivity index (χ0) is 24.5. The summed E-state index contributed by atoms with van der Waals surface area (Å²) < 4.78 is 10.7. The number of nitrogens with one attached hydrogen (secondary N) is 1. The van der Waals surface area contributed by atoms with Crippen LogP contribution in [0.1, 0.15) is 27.0 Å². The van der Waals surface area contributed by atoms with E-state index in [0.29, 0.717) is 22.6 Å². The number of rotatable bonds is 9. The highest BCUT2D eigenvalue weighted by Gasteiger charge is 2.17. The van der Waals surface area contributed by atoms with Crippen molar-refractivity contribution in [2.24, 2.45) is 5.10 Å². The number of carbonyl (C=O) groups is 1. The molecular weight excluding hydrogens is 440 g/mol. The average molecular weight is 473 g/mol. The predicted molar refractivity (Wildman–Crippen MR) is 138 cm³/mol. The van der Waals surface area contributed by atoms with Crippen molar-refractivity contribution in [2.75, 3.05) is 40.4 Å². The van der Waals surface area contributed by atoms with Crippen molar-refractivity contribution < 1.29 is 14.3 Å². The van der Waals surface area contributed by atoms with Crippen LogP contribution < -0.4 is 14.9 Å². The number of carbonyl (C=O) groups excluding carboxylic acids is 1. The molecule has 3 aromatic rings. The van der Waals surface area contributed by atoms with Crippen molar-refractivity contribution in [1.82, 2.24) is 15.2 Å². The highest BCUT2D eigenvalue weighted by Crippen LogP contribution is 2.29. The van der Waals surface area contributed by atoms with Crippen molar-refractivity contribution in [1.29, 1.82) is 0 Å². The Hall–Kier alpha value is -3.68.